The third kappa shape index (κ3) is 3.51. The molecule has 1 fully saturated rings. The predicted molar refractivity (Wildman–Crippen MR) is 124 cm³/mol. The number of aryl methyl sites for hydroxylation is 1. The number of carbonyl (C=O) groups excluding carboxylic acids is 3. The van der Waals surface area contributed by atoms with Gasteiger partial charge in [-0.3, -0.25) is 23.9 Å². The van der Waals surface area contributed by atoms with Crippen LogP contribution in [0.1, 0.15) is 39.0 Å². The van der Waals surface area contributed by atoms with E-state index in [0.29, 0.717) is 37.3 Å². The van der Waals surface area contributed by atoms with Crippen LogP contribution in [0, 0.1) is 13.8 Å². The molecule has 0 aliphatic carbocycles. The predicted octanol–water partition coefficient (Wildman–Crippen LogP) is 1.61. The van der Waals surface area contributed by atoms with Crippen molar-refractivity contribution in [2.45, 2.75) is 26.8 Å². The molecule has 0 saturated carbocycles. The fourth-order valence-electron chi connectivity index (χ4n) is 4.46. The van der Waals surface area contributed by atoms with E-state index in [9.17, 15) is 14.4 Å². The second kappa shape index (κ2) is 8.36. The zero-order valence-electron chi connectivity index (χ0n) is 19.3. The quantitative estimate of drug-likeness (QED) is 0.546. The number of anilines is 1. The van der Waals surface area contributed by atoms with Crippen molar-refractivity contribution in [3.63, 3.8) is 0 Å². The van der Waals surface area contributed by atoms with Crippen molar-refractivity contribution in [3.05, 3.63) is 65.5 Å². The summed E-state index contributed by atoms with van der Waals surface area (Å²) in [4.78, 5) is 56.7. The molecule has 1 atom stereocenters. The van der Waals surface area contributed by atoms with Crippen LogP contribution in [0.15, 0.2) is 43.0 Å². The molecule has 2 aliphatic heterocycles. The molecule has 0 radical (unpaired) electrons. The minimum atomic E-state index is -0.864. The summed E-state index contributed by atoms with van der Waals surface area (Å²) in [7, 11) is 0. The summed E-state index contributed by atoms with van der Waals surface area (Å²) in [6.07, 6.45) is 3.27. The van der Waals surface area contributed by atoms with Gasteiger partial charge in [0.1, 0.15) is 30.3 Å². The van der Waals surface area contributed by atoms with Gasteiger partial charge in [-0.1, -0.05) is 12.1 Å². The number of benzene rings is 1. The van der Waals surface area contributed by atoms with Crippen LogP contribution in [0.5, 0.6) is 0 Å². The van der Waals surface area contributed by atoms with E-state index < -0.39 is 17.9 Å². The summed E-state index contributed by atoms with van der Waals surface area (Å²) < 4.78 is 1.92. The molecule has 1 unspecified atom stereocenters. The van der Waals surface area contributed by atoms with Crippen molar-refractivity contribution in [1.29, 1.82) is 0 Å². The smallest absolute Gasteiger partial charge is 0.262 e. The van der Waals surface area contributed by atoms with Crippen LogP contribution < -0.4 is 4.90 Å². The molecule has 2 aromatic heterocycles. The number of hydrogen-bond acceptors (Lipinski definition) is 7. The number of imidazole rings is 1. The number of piperazine rings is 1. The summed E-state index contributed by atoms with van der Waals surface area (Å²) in [6, 6.07) is 7.71. The van der Waals surface area contributed by atoms with Crippen molar-refractivity contribution in [2.75, 3.05) is 31.1 Å². The molecule has 0 N–H and O–H groups in total. The molecule has 34 heavy (non-hydrogen) atoms. The first-order valence-corrected chi connectivity index (χ1v) is 11.2. The van der Waals surface area contributed by atoms with E-state index in [4.69, 9.17) is 0 Å². The van der Waals surface area contributed by atoms with Gasteiger partial charge in [0.2, 0.25) is 5.91 Å². The molecule has 1 aromatic carbocycles. The third-order valence-electron chi connectivity index (χ3n) is 6.62. The van der Waals surface area contributed by atoms with Crippen LogP contribution in [0.2, 0.25) is 0 Å². The van der Waals surface area contributed by atoms with Gasteiger partial charge in [0.15, 0.2) is 0 Å². The second-order valence-corrected chi connectivity index (χ2v) is 8.53. The third-order valence-corrected chi connectivity index (χ3v) is 6.62. The van der Waals surface area contributed by atoms with Gasteiger partial charge in [-0.25, -0.2) is 15.0 Å². The highest BCUT2D eigenvalue weighted by molar-refractivity contribution is 6.22. The Kier molecular flexibility index (Phi) is 5.35. The molecule has 0 bridgehead atoms. The number of fused-ring (bicyclic) bond motifs is 1. The van der Waals surface area contributed by atoms with E-state index in [1.807, 2.05) is 24.5 Å². The van der Waals surface area contributed by atoms with Crippen molar-refractivity contribution in [2.24, 2.45) is 0 Å². The lowest BCUT2D eigenvalue weighted by Crippen LogP contribution is -2.55. The zero-order chi connectivity index (χ0) is 24.0. The number of nitrogens with zero attached hydrogens (tertiary/aromatic N) is 7. The molecular weight excluding hydrogens is 434 g/mol. The van der Waals surface area contributed by atoms with Gasteiger partial charge in [0.05, 0.1) is 16.8 Å². The van der Waals surface area contributed by atoms with E-state index in [2.05, 4.69) is 19.9 Å². The van der Waals surface area contributed by atoms with Crippen LogP contribution in [0.25, 0.3) is 5.82 Å². The number of imide groups is 1. The fraction of sp³-hybridized carbons (Fsp3) is 0.333. The maximum absolute atomic E-state index is 13.2. The minimum absolute atomic E-state index is 0.234. The highest BCUT2D eigenvalue weighted by Gasteiger charge is 2.42. The van der Waals surface area contributed by atoms with E-state index in [-0.39, 0.29) is 5.91 Å². The average molecular weight is 460 g/mol. The van der Waals surface area contributed by atoms with Gasteiger partial charge in [0.25, 0.3) is 11.8 Å². The second-order valence-electron chi connectivity index (χ2n) is 8.53. The minimum Gasteiger partial charge on any atom is -0.353 e. The Bertz CT molecular complexity index is 1260. The van der Waals surface area contributed by atoms with Crippen molar-refractivity contribution >= 4 is 23.5 Å². The molecule has 10 nitrogen and oxygen atoms in total. The Morgan fingerprint density at radius 1 is 0.912 bits per heavy atom. The lowest BCUT2D eigenvalue weighted by Gasteiger charge is -2.37. The van der Waals surface area contributed by atoms with Gasteiger partial charge < -0.3 is 9.80 Å². The molecule has 1 saturated heterocycles. The molecule has 174 valence electrons. The van der Waals surface area contributed by atoms with Crippen molar-refractivity contribution in [1.82, 2.24) is 29.3 Å². The Morgan fingerprint density at radius 3 is 2.12 bits per heavy atom. The van der Waals surface area contributed by atoms with Crippen LogP contribution in [-0.4, -0.2) is 79.3 Å². The largest absolute Gasteiger partial charge is 0.353 e. The Hall–Kier alpha value is -4.08. The fourth-order valence-corrected chi connectivity index (χ4v) is 4.46. The highest BCUT2D eigenvalue weighted by atomic mass is 16.2. The number of rotatable bonds is 4. The maximum Gasteiger partial charge on any atom is 0.262 e. The van der Waals surface area contributed by atoms with Gasteiger partial charge >= 0.3 is 0 Å². The molecule has 3 aromatic rings. The zero-order valence-corrected chi connectivity index (χ0v) is 19.3. The SMILES string of the molecule is Cc1ncn(-c2cc(N3CCN(C(=O)C(C)N4C(=O)c5ccccc5C4=O)CC3)ncn2)c1C. The van der Waals surface area contributed by atoms with Crippen molar-refractivity contribution in [3.8, 4) is 5.82 Å². The van der Waals surface area contributed by atoms with E-state index in [1.54, 1.807) is 42.4 Å². The normalized spacial score (nSPS) is 16.7. The Labute approximate surface area is 196 Å². The lowest BCUT2D eigenvalue weighted by atomic mass is 10.1. The first-order valence-electron chi connectivity index (χ1n) is 11.2. The molecule has 0 spiro atoms. The average Bonchev–Trinajstić information content (AvgIpc) is 3.34. The van der Waals surface area contributed by atoms with Gasteiger partial charge in [-0.05, 0) is 32.9 Å². The Balaban J connectivity index is 1.26. The van der Waals surface area contributed by atoms with E-state index >= 15 is 0 Å². The van der Waals surface area contributed by atoms with Gasteiger partial charge in [-0.15, -0.1) is 0 Å². The summed E-state index contributed by atoms with van der Waals surface area (Å²) in [5, 5.41) is 0. The van der Waals surface area contributed by atoms with Gasteiger partial charge in [-0.2, -0.15) is 0 Å². The first kappa shape index (κ1) is 21.7. The van der Waals surface area contributed by atoms with Crippen LogP contribution in [0.4, 0.5) is 5.82 Å². The monoisotopic (exact) mass is 459 g/mol. The van der Waals surface area contributed by atoms with Crippen molar-refractivity contribution < 1.29 is 14.4 Å². The summed E-state index contributed by atoms with van der Waals surface area (Å²) in [5.41, 5.74) is 2.65. The van der Waals surface area contributed by atoms with Crippen LogP contribution in [0.3, 0.4) is 0 Å². The van der Waals surface area contributed by atoms with E-state index in [0.717, 1.165) is 27.9 Å². The number of aromatic nitrogens is 4. The highest BCUT2D eigenvalue weighted by Crippen LogP contribution is 2.25. The number of hydrogen-bond donors (Lipinski definition) is 0. The van der Waals surface area contributed by atoms with Crippen LogP contribution >= 0.6 is 0 Å². The molecule has 2 aliphatic rings. The van der Waals surface area contributed by atoms with E-state index in [1.165, 1.54) is 6.33 Å². The molecular formula is C24H25N7O3. The van der Waals surface area contributed by atoms with Gasteiger partial charge in [0, 0.05) is 37.9 Å². The standard InChI is InChI=1S/C24H25N7O3/c1-15-16(2)30(14-27-15)21-12-20(25-13-26-21)28-8-10-29(11-9-28)22(32)17(3)31-23(33)18-6-4-5-7-19(18)24(31)34/h4-7,12-14,17H,8-11H2,1-3H3. The first-order chi connectivity index (χ1) is 16.4. The topological polar surface area (TPSA) is 105 Å². The maximum atomic E-state index is 13.2. The Morgan fingerprint density at radius 2 is 1.53 bits per heavy atom. The lowest BCUT2D eigenvalue weighted by molar-refractivity contribution is -0.135. The number of amides is 3. The molecule has 4 heterocycles. The molecule has 10 heteroatoms. The molecule has 3 amide bonds. The molecule has 5 rings (SSSR count). The summed E-state index contributed by atoms with van der Waals surface area (Å²) in [6.45, 7) is 7.65. The van der Waals surface area contributed by atoms with Crippen LogP contribution in [-0.2, 0) is 4.79 Å². The number of carbonyl (C=O) groups is 3. The summed E-state index contributed by atoms with van der Waals surface area (Å²) in [5.74, 6) is 0.441. The summed E-state index contributed by atoms with van der Waals surface area (Å²) >= 11 is 0.